The first-order chi connectivity index (χ1) is 3.68. The van der Waals surface area contributed by atoms with Gasteiger partial charge in [0.2, 0.25) is 5.91 Å². The Kier molecular flexibility index (Phi) is 3.19. The van der Waals surface area contributed by atoms with Gasteiger partial charge in [-0.1, -0.05) is 0 Å². The van der Waals surface area contributed by atoms with E-state index in [4.69, 9.17) is 10.5 Å². The average Bonchev–Trinajstić information content (AvgIpc) is 1.67. The Bertz CT molecular complexity index is 82.5. The Morgan fingerprint density at radius 1 is 2.00 bits per heavy atom. The van der Waals surface area contributed by atoms with Crippen LogP contribution in [0.15, 0.2) is 0 Å². The summed E-state index contributed by atoms with van der Waals surface area (Å²) in [6.07, 6.45) is -0.694. The second-order valence-corrected chi connectivity index (χ2v) is 1.35. The Hall–Kier alpha value is -0.570. The summed E-state index contributed by atoms with van der Waals surface area (Å²) in [5, 5.41) is 0. The highest BCUT2D eigenvalue weighted by molar-refractivity contribution is 5.79. The standard InChI is InChI=1S/C5H10NO2/c1-3-8-4(2)5(6)7/h4H,2-3H2,1H3,(H2,6,7). The fourth-order valence-electron chi connectivity index (χ4n) is 0.283. The van der Waals surface area contributed by atoms with Crippen molar-refractivity contribution in [1.29, 1.82) is 0 Å². The Morgan fingerprint density at radius 2 is 2.50 bits per heavy atom. The molecule has 0 aromatic carbocycles. The zero-order chi connectivity index (χ0) is 6.57. The van der Waals surface area contributed by atoms with Crippen LogP contribution >= 0.6 is 0 Å². The van der Waals surface area contributed by atoms with Crippen molar-refractivity contribution in [3.05, 3.63) is 6.92 Å². The number of primary amides is 1. The van der Waals surface area contributed by atoms with Gasteiger partial charge in [0.25, 0.3) is 0 Å². The second-order valence-electron chi connectivity index (χ2n) is 1.35. The highest BCUT2D eigenvalue weighted by atomic mass is 16.5. The Morgan fingerprint density at radius 3 is 2.62 bits per heavy atom. The zero-order valence-corrected chi connectivity index (χ0v) is 4.89. The first-order valence-electron chi connectivity index (χ1n) is 2.42. The van der Waals surface area contributed by atoms with E-state index in [1.54, 1.807) is 6.92 Å². The van der Waals surface area contributed by atoms with Gasteiger partial charge in [-0.2, -0.15) is 0 Å². The molecule has 0 aliphatic carbocycles. The van der Waals surface area contributed by atoms with E-state index >= 15 is 0 Å². The second kappa shape index (κ2) is 3.43. The molecule has 1 unspecified atom stereocenters. The molecule has 1 radical (unpaired) electrons. The third kappa shape index (κ3) is 2.58. The van der Waals surface area contributed by atoms with Gasteiger partial charge in [0.15, 0.2) is 0 Å². The van der Waals surface area contributed by atoms with Gasteiger partial charge in [0.1, 0.15) is 6.10 Å². The largest absolute Gasteiger partial charge is 0.369 e. The van der Waals surface area contributed by atoms with E-state index in [1.807, 2.05) is 0 Å². The lowest BCUT2D eigenvalue weighted by Crippen LogP contribution is -2.28. The minimum absolute atomic E-state index is 0.469. The highest BCUT2D eigenvalue weighted by Crippen LogP contribution is 1.84. The van der Waals surface area contributed by atoms with Crippen molar-refractivity contribution in [2.45, 2.75) is 13.0 Å². The van der Waals surface area contributed by atoms with Crippen LogP contribution in [0.25, 0.3) is 0 Å². The Balaban J connectivity index is 3.32. The average molecular weight is 116 g/mol. The maximum atomic E-state index is 10.1. The van der Waals surface area contributed by atoms with Crippen molar-refractivity contribution in [1.82, 2.24) is 0 Å². The van der Waals surface area contributed by atoms with Crippen molar-refractivity contribution in [3.63, 3.8) is 0 Å². The summed E-state index contributed by atoms with van der Waals surface area (Å²) in [7, 11) is 0. The Labute approximate surface area is 48.8 Å². The molecule has 2 N–H and O–H groups in total. The first-order valence-corrected chi connectivity index (χ1v) is 2.42. The number of amides is 1. The van der Waals surface area contributed by atoms with Gasteiger partial charge < -0.3 is 10.5 Å². The monoisotopic (exact) mass is 116 g/mol. The van der Waals surface area contributed by atoms with Crippen molar-refractivity contribution >= 4 is 5.91 Å². The van der Waals surface area contributed by atoms with E-state index in [1.165, 1.54) is 0 Å². The molecule has 0 bridgehead atoms. The lowest BCUT2D eigenvalue weighted by Gasteiger charge is -2.04. The SMILES string of the molecule is [CH2]C(OCC)C(N)=O. The molecule has 0 spiro atoms. The molecule has 1 atom stereocenters. The summed E-state index contributed by atoms with van der Waals surface area (Å²) in [5.74, 6) is -0.521. The van der Waals surface area contributed by atoms with E-state index in [9.17, 15) is 4.79 Å². The van der Waals surface area contributed by atoms with Gasteiger partial charge in [-0.3, -0.25) is 4.79 Å². The number of nitrogens with two attached hydrogens (primary N) is 1. The fraction of sp³-hybridized carbons (Fsp3) is 0.600. The van der Waals surface area contributed by atoms with Crippen LogP contribution in [-0.2, 0) is 9.53 Å². The summed E-state index contributed by atoms with van der Waals surface area (Å²) < 4.78 is 4.72. The van der Waals surface area contributed by atoms with Crippen molar-refractivity contribution < 1.29 is 9.53 Å². The van der Waals surface area contributed by atoms with Crippen LogP contribution < -0.4 is 5.73 Å². The van der Waals surface area contributed by atoms with E-state index in [0.717, 1.165) is 0 Å². The van der Waals surface area contributed by atoms with E-state index in [-0.39, 0.29) is 0 Å². The van der Waals surface area contributed by atoms with Crippen LogP contribution in [0, 0.1) is 6.92 Å². The minimum Gasteiger partial charge on any atom is -0.369 e. The molecule has 0 aliphatic rings. The normalized spacial score (nSPS) is 13.2. The fourth-order valence-corrected chi connectivity index (χ4v) is 0.283. The van der Waals surface area contributed by atoms with Crippen LogP contribution in [0.3, 0.4) is 0 Å². The third-order valence-electron chi connectivity index (χ3n) is 0.685. The lowest BCUT2D eigenvalue weighted by molar-refractivity contribution is -0.126. The first kappa shape index (κ1) is 7.43. The summed E-state index contributed by atoms with van der Waals surface area (Å²) >= 11 is 0. The van der Waals surface area contributed by atoms with Crippen LogP contribution in [0.5, 0.6) is 0 Å². The summed E-state index contributed by atoms with van der Waals surface area (Å²) in [4.78, 5) is 10.1. The number of hydrogen-bond acceptors (Lipinski definition) is 2. The van der Waals surface area contributed by atoms with Crippen LogP contribution in [0.1, 0.15) is 6.92 Å². The number of ether oxygens (including phenoxy) is 1. The number of hydrogen-bond donors (Lipinski definition) is 1. The van der Waals surface area contributed by atoms with Crippen molar-refractivity contribution in [3.8, 4) is 0 Å². The van der Waals surface area contributed by atoms with Gasteiger partial charge in [-0.05, 0) is 13.8 Å². The molecule has 0 fully saturated rings. The van der Waals surface area contributed by atoms with Crippen LogP contribution in [0.2, 0.25) is 0 Å². The molecule has 3 nitrogen and oxygen atoms in total. The van der Waals surface area contributed by atoms with Crippen molar-refractivity contribution in [2.24, 2.45) is 5.73 Å². The molecular formula is C5H10NO2. The lowest BCUT2D eigenvalue weighted by atomic mass is 10.4. The van der Waals surface area contributed by atoms with Crippen LogP contribution in [0.4, 0.5) is 0 Å². The molecule has 0 aromatic rings. The summed E-state index contributed by atoms with van der Waals surface area (Å²) in [5.41, 5.74) is 4.80. The summed E-state index contributed by atoms with van der Waals surface area (Å²) in [6, 6.07) is 0. The molecule has 0 aromatic heterocycles. The molecule has 0 heterocycles. The van der Waals surface area contributed by atoms with Gasteiger partial charge in [0.05, 0.1) is 0 Å². The quantitative estimate of drug-likeness (QED) is 0.551. The minimum atomic E-state index is -0.694. The summed E-state index contributed by atoms with van der Waals surface area (Å²) in [6.45, 7) is 5.58. The molecule has 3 heteroatoms. The predicted molar refractivity (Wildman–Crippen MR) is 30.0 cm³/mol. The van der Waals surface area contributed by atoms with E-state index in [2.05, 4.69) is 6.92 Å². The molecule has 47 valence electrons. The number of carbonyl (C=O) groups excluding carboxylic acids is 1. The van der Waals surface area contributed by atoms with Gasteiger partial charge in [0, 0.05) is 6.61 Å². The molecule has 0 aliphatic heterocycles. The molecule has 8 heavy (non-hydrogen) atoms. The van der Waals surface area contributed by atoms with E-state index < -0.39 is 12.0 Å². The van der Waals surface area contributed by atoms with Gasteiger partial charge in [-0.15, -0.1) is 0 Å². The predicted octanol–water partition coefficient (Wildman–Crippen LogP) is -0.289. The molecule has 0 rings (SSSR count). The molecule has 0 saturated heterocycles. The topological polar surface area (TPSA) is 52.3 Å². The van der Waals surface area contributed by atoms with Crippen LogP contribution in [-0.4, -0.2) is 18.6 Å². The maximum Gasteiger partial charge on any atom is 0.246 e. The van der Waals surface area contributed by atoms with Crippen molar-refractivity contribution in [2.75, 3.05) is 6.61 Å². The number of carbonyl (C=O) groups is 1. The third-order valence-corrected chi connectivity index (χ3v) is 0.685. The zero-order valence-electron chi connectivity index (χ0n) is 4.89. The van der Waals surface area contributed by atoms with Gasteiger partial charge in [-0.25, -0.2) is 0 Å². The maximum absolute atomic E-state index is 10.1. The smallest absolute Gasteiger partial charge is 0.246 e. The van der Waals surface area contributed by atoms with E-state index in [0.29, 0.717) is 6.61 Å². The highest BCUT2D eigenvalue weighted by Gasteiger charge is 2.05. The number of rotatable bonds is 3. The molecular weight excluding hydrogens is 106 g/mol. The molecule has 0 saturated carbocycles. The molecule has 1 amide bonds. The van der Waals surface area contributed by atoms with Gasteiger partial charge >= 0.3 is 0 Å².